The molecule has 0 N–H and O–H groups in total. The fourth-order valence-corrected chi connectivity index (χ4v) is 1.44. The van der Waals surface area contributed by atoms with E-state index in [0.29, 0.717) is 12.8 Å². The summed E-state index contributed by atoms with van der Waals surface area (Å²) >= 11 is 0. The van der Waals surface area contributed by atoms with Crippen LogP contribution >= 0.6 is 0 Å². The number of benzene rings is 1. The molecule has 0 bridgehead atoms. The number of hydrogen-bond acceptors (Lipinski definition) is 2. The van der Waals surface area contributed by atoms with E-state index in [1.165, 1.54) is 0 Å². The Morgan fingerprint density at radius 1 is 1.31 bits per heavy atom. The van der Waals surface area contributed by atoms with E-state index >= 15 is 0 Å². The van der Waals surface area contributed by atoms with Crippen molar-refractivity contribution in [3.63, 3.8) is 0 Å². The van der Waals surface area contributed by atoms with E-state index < -0.39 is 0 Å². The second-order valence-corrected chi connectivity index (χ2v) is 3.84. The van der Waals surface area contributed by atoms with Crippen LogP contribution in [0.15, 0.2) is 36.4 Å². The lowest BCUT2D eigenvalue weighted by Gasteiger charge is -2.04. The van der Waals surface area contributed by atoms with Crippen molar-refractivity contribution in [2.75, 3.05) is 7.11 Å². The Kier molecular flexibility index (Phi) is 4.77. The molecule has 0 radical (unpaired) electrons. The second kappa shape index (κ2) is 6.11. The molecule has 16 heavy (non-hydrogen) atoms. The molecule has 0 saturated carbocycles. The zero-order valence-corrected chi connectivity index (χ0v) is 9.95. The highest BCUT2D eigenvalue weighted by atomic mass is 16.5. The summed E-state index contributed by atoms with van der Waals surface area (Å²) in [5, 5.41) is 0. The Bertz CT molecular complexity index is 363. The van der Waals surface area contributed by atoms with Crippen molar-refractivity contribution in [3.8, 4) is 5.75 Å². The first-order valence-corrected chi connectivity index (χ1v) is 5.47. The molecule has 0 spiro atoms. The van der Waals surface area contributed by atoms with Gasteiger partial charge in [-0.15, -0.1) is 0 Å². The predicted octanol–water partition coefficient (Wildman–Crippen LogP) is 3.16. The van der Waals surface area contributed by atoms with Crippen molar-refractivity contribution in [2.45, 2.75) is 26.2 Å². The number of ketones is 1. The van der Waals surface area contributed by atoms with Crippen molar-refractivity contribution >= 4 is 5.78 Å². The molecule has 0 aliphatic heterocycles. The Morgan fingerprint density at radius 3 is 2.44 bits per heavy atom. The van der Waals surface area contributed by atoms with E-state index in [1.54, 1.807) is 7.11 Å². The van der Waals surface area contributed by atoms with Gasteiger partial charge >= 0.3 is 0 Å². The first kappa shape index (κ1) is 12.5. The maximum atomic E-state index is 11.6. The van der Waals surface area contributed by atoms with Crippen molar-refractivity contribution in [1.29, 1.82) is 0 Å². The number of carbonyl (C=O) groups is 1. The molecule has 0 fully saturated rings. The van der Waals surface area contributed by atoms with Crippen molar-refractivity contribution in [1.82, 2.24) is 0 Å². The molecule has 0 heterocycles. The standard InChI is InChI=1S/C14H18O2/c1-4-11(2)9-13(15)10-12-5-7-14(16-3)8-6-12/h5-8H,2,4,9-10H2,1,3H3. The number of allylic oxidation sites excluding steroid dienone is 1. The number of hydrogen-bond donors (Lipinski definition) is 0. The van der Waals surface area contributed by atoms with Gasteiger partial charge in [-0.2, -0.15) is 0 Å². The minimum absolute atomic E-state index is 0.219. The van der Waals surface area contributed by atoms with Crippen molar-refractivity contribution in [2.24, 2.45) is 0 Å². The maximum absolute atomic E-state index is 11.6. The highest BCUT2D eigenvalue weighted by Gasteiger charge is 2.05. The molecule has 0 amide bonds. The minimum Gasteiger partial charge on any atom is -0.497 e. The topological polar surface area (TPSA) is 26.3 Å². The average molecular weight is 218 g/mol. The van der Waals surface area contributed by atoms with Gasteiger partial charge in [0.25, 0.3) is 0 Å². The van der Waals surface area contributed by atoms with Crippen LogP contribution < -0.4 is 4.74 Å². The normalized spacial score (nSPS) is 9.88. The van der Waals surface area contributed by atoms with Gasteiger partial charge < -0.3 is 4.74 Å². The third-order valence-electron chi connectivity index (χ3n) is 2.51. The van der Waals surface area contributed by atoms with Gasteiger partial charge in [-0.3, -0.25) is 4.79 Å². The third kappa shape index (κ3) is 3.89. The van der Waals surface area contributed by atoms with Gasteiger partial charge in [0.2, 0.25) is 0 Å². The summed E-state index contributed by atoms with van der Waals surface area (Å²) < 4.78 is 5.06. The van der Waals surface area contributed by atoms with Gasteiger partial charge in [0, 0.05) is 12.8 Å². The van der Waals surface area contributed by atoms with E-state index in [2.05, 4.69) is 6.58 Å². The van der Waals surface area contributed by atoms with Gasteiger partial charge in [0.15, 0.2) is 0 Å². The van der Waals surface area contributed by atoms with Crippen LogP contribution in [0.4, 0.5) is 0 Å². The number of carbonyl (C=O) groups excluding carboxylic acids is 1. The van der Waals surface area contributed by atoms with Crippen LogP contribution in [0.25, 0.3) is 0 Å². The monoisotopic (exact) mass is 218 g/mol. The molecule has 0 aliphatic rings. The van der Waals surface area contributed by atoms with Crippen molar-refractivity contribution in [3.05, 3.63) is 42.0 Å². The van der Waals surface area contributed by atoms with Crippen LogP contribution in [0.1, 0.15) is 25.3 Å². The molecule has 1 aromatic rings. The smallest absolute Gasteiger partial charge is 0.141 e. The number of rotatable bonds is 6. The lowest BCUT2D eigenvalue weighted by atomic mass is 10.0. The molecular formula is C14H18O2. The molecule has 0 unspecified atom stereocenters. The highest BCUT2D eigenvalue weighted by Crippen LogP contribution is 2.13. The van der Waals surface area contributed by atoms with Gasteiger partial charge in [-0.25, -0.2) is 0 Å². The number of ether oxygens (including phenoxy) is 1. The van der Waals surface area contributed by atoms with E-state index in [1.807, 2.05) is 31.2 Å². The molecule has 2 heteroatoms. The Balaban J connectivity index is 2.52. The fraction of sp³-hybridized carbons (Fsp3) is 0.357. The zero-order chi connectivity index (χ0) is 12.0. The Hall–Kier alpha value is -1.57. The van der Waals surface area contributed by atoms with Crippen LogP contribution in [0, 0.1) is 0 Å². The molecule has 1 aromatic carbocycles. The summed E-state index contributed by atoms with van der Waals surface area (Å²) in [6.07, 6.45) is 1.83. The first-order valence-electron chi connectivity index (χ1n) is 5.47. The lowest BCUT2D eigenvalue weighted by molar-refractivity contribution is -0.117. The molecule has 86 valence electrons. The van der Waals surface area contributed by atoms with Gasteiger partial charge in [-0.05, 0) is 24.1 Å². The predicted molar refractivity (Wildman–Crippen MR) is 65.8 cm³/mol. The maximum Gasteiger partial charge on any atom is 0.141 e. The number of Topliss-reactive ketones (excluding diaryl/α,β-unsaturated/α-hetero) is 1. The van der Waals surface area contributed by atoms with Crippen molar-refractivity contribution < 1.29 is 9.53 Å². The fourth-order valence-electron chi connectivity index (χ4n) is 1.44. The van der Waals surface area contributed by atoms with Crippen LogP contribution in [0.5, 0.6) is 5.75 Å². The average Bonchev–Trinajstić information content (AvgIpc) is 2.29. The molecule has 0 saturated heterocycles. The number of methoxy groups -OCH3 is 1. The summed E-state index contributed by atoms with van der Waals surface area (Å²) in [5.74, 6) is 1.03. The first-order chi connectivity index (χ1) is 7.65. The van der Waals surface area contributed by atoms with E-state index in [-0.39, 0.29) is 5.78 Å². The van der Waals surface area contributed by atoms with E-state index in [0.717, 1.165) is 23.3 Å². The minimum atomic E-state index is 0.219. The van der Waals surface area contributed by atoms with Crippen LogP contribution in [0.3, 0.4) is 0 Å². The SMILES string of the molecule is C=C(CC)CC(=O)Cc1ccc(OC)cc1. The molecule has 0 aromatic heterocycles. The molecular weight excluding hydrogens is 200 g/mol. The largest absolute Gasteiger partial charge is 0.497 e. The van der Waals surface area contributed by atoms with Gasteiger partial charge in [-0.1, -0.05) is 31.2 Å². The molecule has 2 nitrogen and oxygen atoms in total. The van der Waals surface area contributed by atoms with Crippen LogP contribution in [-0.2, 0) is 11.2 Å². The Labute approximate surface area is 96.9 Å². The summed E-state index contributed by atoms with van der Waals surface area (Å²) in [4.78, 5) is 11.6. The highest BCUT2D eigenvalue weighted by molar-refractivity contribution is 5.82. The summed E-state index contributed by atoms with van der Waals surface area (Å²) in [7, 11) is 1.63. The van der Waals surface area contributed by atoms with E-state index in [9.17, 15) is 4.79 Å². The quantitative estimate of drug-likeness (QED) is 0.685. The third-order valence-corrected chi connectivity index (χ3v) is 2.51. The van der Waals surface area contributed by atoms with E-state index in [4.69, 9.17) is 4.74 Å². The molecule has 0 aliphatic carbocycles. The zero-order valence-electron chi connectivity index (χ0n) is 9.95. The van der Waals surface area contributed by atoms with Crippen LogP contribution in [0.2, 0.25) is 0 Å². The van der Waals surface area contributed by atoms with Gasteiger partial charge in [0.1, 0.15) is 11.5 Å². The lowest BCUT2D eigenvalue weighted by Crippen LogP contribution is -2.03. The summed E-state index contributed by atoms with van der Waals surface area (Å²) in [6, 6.07) is 7.59. The van der Waals surface area contributed by atoms with Gasteiger partial charge in [0.05, 0.1) is 7.11 Å². The summed E-state index contributed by atoms with van der Waals surface area (Å²) in [5.41, 5.74) is 2.02. The Morgan fingerprint density at radius 2 is 1.94 bits per heavy atom. The second-order valence-electron chi connectivity index (χ2n) is 3.84. The van der Waals surface area contributed by atoms with Crippen LogP contribution in [-0.4, -0.2) is 12.9 Å². The molecule has 1 rings (SSSR count). The molecule has 0 atom stereocenters. The summed E-state index contributed by atoms with van der Waals surface area (Å²) in [6.45, 7) is 5.86.